The normalized spacial score (nSPS) is 22.8. The summed E-state index contributed by atoms with van der Waals surface area (Å²) >= 11 is 0. The van der Waals surface area contributed by atoms with E-state index in [0.29, 0.717) is 26.3 Å². The predicted molar refractivity (Wildman–Crippen MR) is 166 cm³/mol. The molecule has 11 nitrogen and oxygen atoms in total. The summed E-state index contributed by atoms with van der Waals surface area (Å²) < 4.78 is 51.5. The molecule has 1 N–H and O–H groups in total. The Morgan fingerprint density at radius 3 is 1.87 bits per heavy atom. The van der Waals surface area contributed by atoms with Gasteiger partial charge in [-0.05, 0) is 16.7 Å². The molecule has 0 unspecified atom stereocenters. The Balaban J connectivity index is 1.46. The summed E-state index contributed by atoms with van der Waals surface area (Å²) in [5.74, 6) is 0. The molecule has 12 heteroatoms. The van der Waals surface area contributed by atoms with Crippen LogP contribution in [0.3, 0.4) is 0 Å². The molecule has 3 heterocycles. The zero-order chi connectivity index (χ0) is 31.4. The molecule has 2 aliphatic heterocycles. The van der Waals surface area contributed by atoms with Crippen molar-refractivity contribution in [1.29, 1.82) is 0 Å². The van der Waals surface area contributed by atoms with Gasteiger partial charge in [0.2, 0.25) is 0 Å². The fraction of sp³-hybridized carbons (Fsp3) is 0.333. The lowest BCUT2D eigenvalue weighted by Gasteiger charge is -2.38. The number of morpholine rings is 1. The van der Waals surface area contributed by atoms with Gasteiger partial charge in [0.05, 0.1) is 32.1 Å². The van der Waals surface area contributed by atoms with Crippen molar-refractivity contribution in [1.82, 2.24) is 14.5 Å². The Labute approximate surface area is 261 Å². The van der Waals surface area contributed by atoms with E-state index in [0.717, 1.165) is 22.9 Å². The van der Waals surface area contributed by atoms with Crippen LogP contribution in [0, 0.1) is 0 Å². The average Bonchev–Trinajstić information content (AvgIpc) is 3.39. The number of rotatable bonds is 10. The molecule has 4 aromatic rings. The summed E-state index contributed by atoms with van der Waals surface area (Å²) in [4.78, 5) is 29.2. The van der Waals surface area contributed by atoms with Crippen LogP contribution < -0.4 is 11.2 Å². The molecular weight excluding hydrogens is 598 g/mol. The molecule has 2 aliphatic rings. The Bertz CT molecular complexity index is 1700. The number of aromatic nitrogens is 2. The summed E-state index contributed by atoms with van der Waals surface area (Å²) in [5, 5.41) is 0. The average molecular weight is 634 g/mol. The minimum Gasteiger partial charge on any atom is -0.379 e. The van der Waals surface area contributed by atoms with E-state index < -0.39 is 51.4 Å². The first-order valence-electron chi connectivity index (χ1n) is 14.7. The SMILES string of the molecule is CS(=O)(=O)O[C@@H]1[C@@H](N2CCOCC2)[C@H](n2ccc(=O)[nH]c2=O)O[C@@H]1COC(c1ccccc1)(c1ccccc1)c1ccccc1. The van der Waals surface area contributed by atoms with Crippen molar-refractivity contribution in [3.8, 4) is 0 Å². The lowest BCUT2D eigenvalue weighted by molar-refractivity contribution is -0.0936. The maximum atomic E-state index is 13.0. The molecule has 236 valence electrons. The Hall–Kier alpha value is -3.91. The van der Waals surface area contributed by atoms with Gasteiger partial charge < -0.3 is 14.2 Å². The van der Waals surface area contributed by atoms with Crippen molar-refractivity contribution >= 4 is 10.1 Å². The minimum absolute atomic E-state index is 0.103. The summed E-state index contributed by atoms with van der Waals surface area (Å²) in [6.07, 6.45) is -0.646. The number of H-pyrrole nitrogens is 1. The van der Waals surface area contributed by atoms with Crippen LogP contribution >= 0.6 is 0 Å². The van der Waals surface area contributed by atoms with Crippen molar-refractivity contribution < 1.29 is 26.8 Å². The second kappa shape index (κ2) is 13.2. The first kappa shape index (κ1) is 31.1. The highest BCUT2D eigenvalue weighted by molar-refractivity contribution is 7.86. The van der Waals surface area contributed by atoms with Crippen LogP contribution in [-0.4, -0.2) is 80.3 Å². The van der Waals surface area contributed by atoms with Gasteiger partial charge in [0, 0.05) is 25.4 Å². The number of nitrogens with one attached hydrogen (secondary N) is 1. The van der Waals surface area contributed by atoms with E-state index in [1.165, 1.54) is 16.8 Å². The van der Waals surface area contributed by atoms with Crippen molar-refractivity contribution in [2.45, 2.75) is 30.1 Å². The molecule has 2 saturated heterocycles. The molecule has 0 saturated carbocycles. The van der Waals surface area contributed by atoms with Gasteiger partial charge in [-0.1, -0.05) is 91.0 Å². The van der Waals surface area contributed by atoms with E-state index in [1.807, 2.05) is 95.9 Å². The van der Waals surface area contributed by atoms with E-state index in [4.69, 9.17) is 18.4 Å². The van der Waals surface area contributed by atoms with Gasteiger partial charge in [-0.25, -0.2) is 4.79 Å². The zero-order valence-corrected chi connectivity index (χ0v) is 25.5. The second-order valence-corrected chi connectivity index (χ2v) is 12.7. The van der Waals surface area contributed by atoms with E-state index in [9.17, 15) is 18.0 Å². The number of nitrogens with zero attached hydrogens (tertiary/aromatic N) is 2. The maximum Gasteiger partial charge on any atom is 0.330 e. The third kappa shape index (κ3) is 6.57. The van der Waals surface area contributed by atoms with Crippen LogP contribution in [0.5, 0.6) is 0 Å². The van der Waals surface area contributed by atoms with E-state index in [1.54, 1.807) is 0 Å². The lowest BCUT2D eigenvalue weighted by atomic mass is 9.80. The van der Waals surface area contributed by atoms with Crippen LogP contribution in [0.4, 0.5) is 0 Å². The summed E-state index contributed by atoms with van der Waals surface area (Å²) in [5.41, 5.74) is 0.235. The maximum absolute atomic E-state index is 13.0. The Morgan fingerprint density at radius 2 is 1.38 bits per heavy atom. The number of aromatic amines is 1. The molecule has 0 bridgehead atoms. The molecule has 1 aromatic heterocycles. The highest BCUT2D eigenvalue weighted by Gasteiger charge is 2.52. The van der Waals surface area contributed by atoms with Gasteiger partial charge in [-0.3, -0.25) is 23.4 Å². The minimum atomic E-state index is -3.98. The lowest BCUT2D eigenvalue weighted by Crippen LogP contribution is -2.53. The van der Waals surface area contributed by atoms with E-state index >= 15 is 0 Å². The third-order valence-corrected chi connectivity index (χ3v) is 8.76. The van der Waals surface area contributed by atoms with E-state index in [2.05, 4.69) is 4.98 Å². The topological polar surface area (TPSA) is 129 Å². The Morgan fingerprint density at radius 1 is 0.844 bits per heavy atom. The number of hydrogen-bond acceptors (Lipinski definition) is 9. The van der Waals surface area contributed by atoms with Crippen molar-refractivity contribution in [2.24, 2.45) is 0 Å². The van der Waals surface area contributed by atoms with Gasteiger partial charge >= 0.3 is 5.69 Å². The monoisotopic (exact) mass is 633 g/mol. The fourth-order valence-electron chi connectivity index (χ4n) is 6.27. The van der Waals surface area contributed by atoms with Gasteiger partial charge in [0.1, 0.15) is 17.8 Å². The van der Waals surface area contributed by atoms with Crippen molar-refractivity contribution in [2.75, 3.05) is 39.2 Å². The van der Waals surface area contributed by atoms with E-state index in [-0.39, 0.29) is 6.61 Å². The quantitative estimate of drug-likeness (QED) is 0.207. The molecule has 0 amide bonds. The van der Waals surface area contributed by atoms with Gasteiger partial charge in [-0.15, -0.1) is 0 Å². The number of benzene rings is 3. The summed E-state index contributed by atoms with van der Waals surface area (Å²) in [7, 11) is -3.98. The second-order valence-electron chi connectivity index (χ2n) is 11.1. The first-order chi connectivity index (χ1) is 21.8. The highest BCUT2D eigenvalue weighted by Crippen LogP contribution is 2.42. The molecule has 3 aromatic carbocycles. The van der Waals surface area contributed by atoms with Gasteiger partial charge in [0.25, 0.3) is 15.7 Å². The van der Waals surface area contributed by atoms with Crippen LogP contribution in [0.1, 0.15) is 22.9 Å². The number of ether oxygens (including phenoxy) is 3. The van der Waals surface area contributed by atoms with Gasteiger partial charge in [0.15, 0.2) is 6.23 Å². The largest absolute Gasteiger partial charge is 0.379 e. The standard InChI is InChI=1S/C33H35N3O8S/c1-45(39,40)44-30-27(43-31(29(30)35-19-21-41-22-20-35)36-18-17-28(37)34-32(36)38)23-42-33(24-11-5-2-6-12-24,25-13-7-3-8-14-25)26-15-9-4-10-16-26/h2-18,27,29-31H,19-23H2,1H3,(H,34,37,38)/t27-,29-,30+,31-/m1/s1. The smallest absolute Gasteiger partial charge is 0.330 e. The van der Waals surface area contributed by atoms with Crippen molar-refractivity contribution in [3.05, 3.63) is 141 Å². The molecular formula is C33H35N3O8S. The molecule has 0 spiro atoms. The summed E-state index contributed by atoms with van der Waals surface area (Å²) in [6.45, 7) is 1.64. The molecule has 0 radical (unpaired) electrons. The fourth-order valence-corrected chi connectivity index (χ4v) is 6.91. The highest BCUT2D eigenvalue weighted by atomic mass is 32.2. The molecule has 6 rings (SSSR count). The van der Waals surface area contributed by atoms with Crippen LogP contribution in [0.2, 0.25) is 0 Å². The number of hydrogen-bond donors (Lipinski definition) is 1. The third-order valence-electron chi connectivity index (χ3n) is 8.19. The van der Waals surface area contributed by atoms with Crippen LogP contribution in [-0.2, 0) is 34.1 Å². The summed E-state index contributed by atoms with van der Waals surface area (Å²) in [6, 6.07) is 29.8. The Kier molecular flexibility index (Phi) is 9.13. The molecule has 4 atom stereocenters. The zero-order valence-electron chi connectivity index (χ0n) is 24.7. The van der Waals surface area contributed by atoms with Crippen molar-refractivity contribution in [3.63, 3.8) is 0 Å². The molecule has 0 aliphatic carbocycles. The molecule has 2 fully saturated rings. The predicted octanol–water partition coefficient (Wildman–Crippen LogP) is 2.49. The van der Waals surface area contributed by atoms with Crippen LogP contribution in [0.25, 0.3) is 0 Å². The first-order valence-corrected chi connectivity index (χ1v) is 16.6. The van der Waals surface area contributed by atoms with Gasteiger partial charge in [-0.2, -0.15) is 8.42 Å². The van der Waals surface area contributed by atoms with Crippen LogP contribution in [0.15, 0.2) is 113 Å². The molecule has 45 heavy (non-hydrogen) atoms.